The smallest absolute Gasteiger partial charge is 0.112 e. The van der Waals surface area contributed by atoms with Gasteiger partial charge in [-0.25, -0.2) is 4.98 Å². The lowest BCUT2D eigenvalue weighted by Crippen LogP contribution is -2.35. The van der Waals surface area contributed by atoms with Crippen LogP contribution in [0.4, 0.5) is 0 Å². The summed E-state index contributed by atoms with van der Waals surface area (Å²) >= 11 is 9.18. The molecule has 2 nitrogen and oxygen atoms in total. The summed E-state index contributed by atoms with van der Waals surface area (Å²) in [6.07, 6.45) is 1.84. The molecule has 2 heterocycles. The molecule has 5 heteroatoms. The summed E-state index contributed by atoms with van der Waals surface area (Å²) < 4.78 is 0.837. The third-order valence-electron chi connectivity index (χ3n) is 2.30. The van der Waals surface area contributed by atoms with Gasteiger partial charge < -0.3 is 5.32 Å². The third kappa shape index (κ3) is 2.83. The van der Waals surface area contributed by atoms with Gasteiger partial charge in [0, 0.05) is 23.0 Å². The molecule has 0 aliphatic heterocycles. The Bertz CT molecular complexity index is 448. The second-order valence-electron chi connectivity index (χ2n) is 4.02. The van der Waals surface area contributed by atoms with Gasteiger partial charge in [-0.05, 0) is 26.0 Å². The largest absolute Gasteiger partial charge is 0.301 e. The van der Waals surface area contributed by atoms with E-state index in [2.05, 4.69) is 30.2 Å². The number of nitrogens with one attached hydrogen (secondary N) is 1. The average molecular weight is 273 g/mol. The lowest BCUT2D eigenvalue weighted by molar-refractivity contribution is 0.401. The minimum absolute atomic E-state index is 0.0926. The number of thiazole rings is 1. The number of thiophene rings is 1. The van der Waals surface area contributed by atoms with E-state index in [1.165, 1.54) is 4.88 Å². The predicted molar refractivity (Wildman–Crippen MR) is 71.3 cm³/mol. The standard InChI is InChI=1S/C11H13ClN2S2/c1-11(2,10-13-5-6-15-10)14-7-8-3-4-9(12)16-8/h3-6,14H,7H2,1-2H3. The maximum Gasteiger partial charge on any atom is 0.112 e. The van der Waals surface area contributed by atoms with Crippen molar-refractivity contribution in [2.45, 2.75) is 25.9 Å². The fourth-order valence-electron chi connectivity index (χ4n) is 1.36. The van der Waals surface area contributed by atoms with Crippen LogP contribution in [0.15, 0.2) is 23.7 Å². The number of halogens is 1. The van der Waals surface area contributed by atoms with Crippen molar-refractivity contribution < 1.29 is 0 Å². The van der Waals surface area contributed by atoms with E-state index in [0.29, 0.717) is 0 Å². The zero-order valence-corrected chi connectivity index (χ0v) is 11.5. The number of aromatic nitrogens is 1. The van der Waals surface area contributed by atoms with E-state index in [9.17, 15) is 0 Å². The van der Waals surface area contributed by atoms with E-state index in [0.717, 1.165) is 15.9 Å². The maximum atomic E-state index is 5.89. The summed E-state index contributed by atoms with van der Waals surface area (Å²) in [5, 5.41) is 6.60. The molecule has 0 amide bonds. The number of nitrogens with zero attached hydrogens (tertiary/aromatic N) is 1. The van der Waals surface area contributed by atoms with Crippen LogP contribution in [0.1, 0.15) is 23.7 Å². The quantitative estimate of drug-likeness (QED) is 0.914. The highest BCUT2D eigenvalue weighted by Crippen LogP contribution is 2.25. The first-order valence-electron chi connectivity index (χ1n) is 4.97. The zero-order valence-electron chi connectivity index (χ0n) is 9.16. The second kappa shape index (κ2) is 4.84. The average Bonchev–Trinajstić information content (AvgIpc) is 2.85. The molecule has 2 rings (SSSR count). The molecule has 86 valence electrons. The SMILES string of the molecule is CC(C)(NCc1ccc(Cl)s1)c1nccs1. The molecule has 0 saturated heterocycles. The second-order valence-corrected chi connectivity index (χ2v) is 6.72. The highest BCUT2D eigenvalue weighted by atomic mass is 35.5. The molecule has 1 N–H and O–H groups in total. The van der Waals surface area contributed by atoms with Crippen molar-refractivity contribution in [2.24, 2.45) is 0 Å². The fourth-order valence-corrected chi connectivity index (χ4v) is 3.13. The van der Waals surface area contributed by atoms with Gasteiger partial charge in [0.15, 0.2) is 0 Å². The van der Waals surface area contributed by atoms with Gasteiger partial charge in [0.1, 0.15) is 5.01 Å². The Hall–Kier alpha value is -0.420. The number of hydrogen-bond acceptors (Lipinski definition) is 4. The van der Waals surface area contributed by atoms with E-state index in [4.69, 9.17) is 11.6 Å². The minimum atomic E-state index is -0.0926. The normalized spacial score (nSPS) is 11.9. The molecule has 2 aromatic heterocycles. The number of rotatable bonds is 4. The first-order valence-corrected chi connectivity index (χ1v) is 7.04. The van der Waals surface area contributed by atoms with Crippen molar-refractivity contribution in [3.8, 4) is 0 Å². The molecular weight excluding hydrogens is 260 g/mol. The van der Waals surface area contributed by atoms with Crippen LogP contribution in [0.2, 0.25) is 4.34 Å². The van der Waals surface area contributed by atoms with Crippen LogP contribution in [0.5, 0.6) is 0 Å². The molecule has 0 bridgehead atoms. The van der Waals surface area contributed by atoms with Gasteiger partial charge in [-0.1, -0.05) is 11.6 Å². The first-order chi connectivity index (χ1) is 7.58. The molecule has 2 aromatic rings. The van der Waals surface area contributed by atoms with Gasteiger partial charge in [-0.2, -0.15) is 0 Å². The molecule has 0 spiro atoms. The Labute approximate surface area is 108 Å². The van der Waals surface area contributed by atoms with Crippen molar-refractivity contribution >= 4 is 34.3 Å². The number of hydrogen-bond donors (Lipinski definition) is 1. The predicted octanol–water partition coefficient (Wildman–Crippen LogP) is 3.88. The topological polar surface area (TPSA) is 24.9 Å². The molecule has 0 unspecified atom stereocenters. The maximum absolute atomic E-state index is 5.89. The van der Waals surface area contributed by atoms with Gasteiger partial charge >= 0.3 is 0 Å². The molecule has 0 aliphatic carbocycles. The third-order valence-corrected chi connectivity index (χ3v) is 4.63. The summed E-state index contributed by atoms with van der Waals surface area (Å²) in [5.74, 6) is 0. The van der Waals surface area contributed by atoms with Crippen LogP contribution >= 0.6 is 34.3 Å². The summed E-state index contributed by atoms with van der Waals surface area (Å²) in [6, 6.07) is 3.98. The van der Waals surface area contributed by atoms with Gasteiger partial charge in [-0.3, -0.25) is 0 Å². The first kappa shape index (κ1) is 12.0. The summed E-state index contributed by atoms with van der Waals surface area (Å²) in [4.78, 5) is 5.58. The Morgan fingerprint density at radius 3 is 2.81 bits per heavy atom. The van der Waals surface area contributed by atoms with E-state index < -0.39 is 0 Å². The minimum Gasteiger partial charge on any atom is -0.301 e. The molecule has 0 fully saturated rings. The van der Waals surface area contributed by atoms with Crippen molar-refractivity contribution in [1.82, 2.24) is 10.3 Å². The van der Waals surface area contributed by atoms with Gasteiger partial charge in [-0.15, -0.1) is 22.7 Å². The van der Waals surface area contributed by atoms with E-state index in [-0.39, 0.29) is 5.54 Å². The lowest BCUT2D eigenvalue weighted by Gasteiger charge is -2.23. The van der Waals surface area contributed by atoms with Crippen LogP contribution < -0.4 is 5.32 Å². The van der Waals surface area contributed by atoms with Crippen LogP contribution in [0, 0.1) is 0 Å². The molecule has 16 heavy (non-hydrogen) atoms. The van der Waals surface area contributed by atoms with Gasteiger partial charge in [0.2, 0.25) is 0 Å². The molecule has 0 radical (unpaired) electrons. The van der Waals surface area contributed by atoms with Gasteiger partial charge in [0.05, 0.1) is 9.88 Å². The zero-order chi connectivity index (χ0) is 11.6. The Morgan fingerprint density at radius 2 is 2.25 bits per heavy atom. The highest BCUT2D eigenvalue weighted by Gasteiger charge is 2.22. The molecule has 0 saturated carbocycles. The highest BCUT2D eigenvalue weighted by molar-refractivity contribution is 7.16. The molecule has 0 atom stereocenters. The monoisotopic (exact) mass is 272 g/mol. The van der Waals surface area contributed by atoms with Crippen LogP contribution in [-0.2, 0) is 12.1 Å². The Kier molecular flexibility index (Phi) is 3.64. The summed E-state index contributed by atoms with van der Waals surface area (Å²) in [5.41, 5.74) is -0.0926. The molecule has 0 aromatic carbocycles. The van der Waals surface area contributed by atoms with E-state index in [1.54, 1.807) is 22.7 Å². The van der Waals surface area contributed by atoms with Crippen molar-refractivity contribution in [3.63, 3.8) is 0 Å². The van der Waals surface area contributed by atoms with Crippen molar-refractivity contribution in [3.05, 3.63) is 37.9 Å². The Balaban J connectivity index is 2.00. The van der Waals surface area contributed by atoms with Crippen LogP contribution in [0.3, 0.4) is 0 Å². The van der Waals surface area contributed by atoms with Crippen molar-refractivity contribution in [1.29, 1.82) is 0 Å². The van der Waals surface area contributed by atoms with Crippen LogP contribution in [-0.4, -0.2) is 4.98 Å². The molecular formula is C11H13ClN2S2. The molecule has 0 aliphatic rings. The van der Waals surface area contributed by atoms with Crippen LogP contribution in [0.25, 0.3) is 0 Å². The van der Waals surface area contributed by atoms with Gasteiger partial charge in [0.25, 0.3) is 0 Å². The lowest BCUT2D eigenvalue weighted by atomic mass is 10.1. The fraction of sp³-hybridized carbons (Fsp3) is 0.364. The van der Waals surface area contributed by atoms with E-state index in [1.807, 2.05) is 17.6 Å². The van der Waals surface area contributed by atoms with E-state index >= 15 is 0 Å². The summed E-state index contributed by atoms with van der Waals surface area (Å²) in [7, 11) is 0. The Morgan fingerprint density at radius 1 is 1.44 bits per heavy atom. The summed E-state index contributed by atoms with van der Waals surface area (Å²) in [6.45, 7) is 5.10. The van der Waals surface area contributed by atoms with Crippen molar-refractivity contribution in [2.75, 3.05) is 0 Å².